The molecule has 0 aromatic carbocycles. The van der Waals surface area contributed by atoms with Gasteiger partial charge in [-0.15, -0.1) is 0 Å². The lowest BCUT2D eigenvalue weighted by molar-refractivity contribution is 0.160. The third-order valence-electron chi connectivity index (χ3n) is 3.04. The van der Waals surface area contributed by atoms with Gasteiger partial charge in [0.15, 0.2) is 0 Å². The van der Waals surface area contributed by atoms with Crippen LogP contribution >= 0.6 is 0 Å². The highest BCUT2D eigenvalue weighted by molar-refractivity contribution is 5.96. The molecule has 0 radical (unpaired) electrons. The molecule has 0 aromatic heterocycles. The molecule has 0 saturated heterocycles. The highest BCUT2D eigenvalue weighted by atomic mass is 16.2. The summed E-state index contributed by atoms with van der Waals surface area (Å²) in [5.74, 6) is 0. The monoisotopic (exact) mass is 278 g/mol. The molecule has 0 fully saturated rings. The average molecular weight is 278 g/mol. The van der Waals surface area contributed by atoms with E-state index in [1.165, 1.54) is 0 Å². The molecule has 6 heteroatoms. The van der Waals surface area contributed by atoms with Crippen LogP contribution in [0.3, 0.4) is 0 Å². The van der Waals surface area contributed by atoms with E-state index in [-0.39, 0.29) is 5.41 Å². The zero-order valence-electron chi connectivity index (χ0n) is 12.7. The Morgan fingerprint density at radius 2 is 2.10 bits per heavy atom. The van der Waals surface area contributed by atoms with Gasteiger partial charge in [-0.25, -0.2) is 14.5 Å². The highest BCUT2D eigenvalue weighted by Crippen LogP contribution is 2.30. The molecule has 1 rings (SSSR count). The van der Waals surface area contributed by atoms with Crippen LogP contribution in [0.4, 0.5) is 9.59 Å². The Morgan fingerprint density at radius 1 is 1.50 bits per heavy atom. The molecular weight excluding hydrogens is 256 g/mol. The Labute approximate surface area is 119 Å². The van der Waals surface area contributed by atoms with Gasteiger partial charge >= 0.3 is 12.1 Å². The van der Waals surface area contributed by atoms with Crippen molar-refractivity contribution in [2.75, 3.05) is 6.54 Å². The molecule has 6 nitrogen and oxygen atoms in total. The van der Waals surface area contributed by atoms with Crippen molar-refractivity contribution in [3.05, 3.63) is 11.3 Å². The molecule has 1 aliphatic rings. The summed E-state index contributed by atoms with van der Waals surface area (Å²) in [6.07, 6.45) is 0.539. The number of rotatable bonds is 2. The van der Waals surface area contributed by atoms with E-state index in [4.69, 9.17) is 0 Å². The molecule has 1 atom stereocenters. The highest BCUT2D eigenvalue weighted by Gasteiger charge is 2.39. The van der Waals surface area contributed by atoms with Gasteiger partial charge in [0.2, 0.25) is 0 Å². The second-order valence-corrected chi connectivity index (χ2v) is 6.07. The van der Waals surface area contributed by atoms with Crippen LogP contribution in [0.2, 0.25) is 0 Å². The van der Waals surface area contributed by atoms with Gasteiger partial charge in [-0.05, 0) is 25.7 Å². The van der Waals surface area contributed by atoms with Crippen molar-refractivity contribution in [3.63, 3.8) is 0 Å². The topological polar surface area (TPSA) is 85.2 Å². The number of nitrogens with zero attached hydrogens (tertiary/aromatic N) is 2. The summed E-state index contributed by atoms with van der Waals surface area (Å²) < 4.78 is 0. The van der Waals surface area contributed by atoms with Crippen LogP contribution in [-0.2, 0) is 0 Å². The van der Waals surface area contributed by atoms with Crippen molar-refractivity contribution in [3.8, 4) is 6.07 Å². The number of urea groups is 2. The van der Waals surface area contributed by atoms with E-state index in [0.717, 1.165) is 4.90 Å². The summed E-state index contributed by atoms with van der Waals surface area (Å²) in [6.45, 7) is 9.93. The zero-order chi connectivity index (χ0) is 15.5. The first-order chi connectivity index (χ1) is 9.21. The van der Waals surface area contributed by atoms with Crippen molar-refractivity contribution in [2.45, 2.75) is 47.1 Å². The van der Waals surface area contributed by atoms with E-state index in [0.29, 0.717) is 24.2 Å². The van der Waals surface area contributed by atoms with Gasteiger partial charge in [0.25, 0.3) is 0 Å². The van der Waals surface area contributed by atoms with Crippen LogP contribution in [0.15, 0.2) is 11.3 Å². The number of hydrogen-bond acceptors (Lipinski definition) is 3. The van der Waals surface area contributed by atoms with Crippen LogP contribution in [-0.4, -0.2) is 29.5 Å². The Hall–Kier alpha value is -2.03. The fourth-order valence-electron chi connectivity index (χ4n) is 2.21. The average Bonchev–Trinajstić information content (AvgIpc) is 2.26. The molecule has 2 N–H and O–H groups in total. The fourth-order valence-corrected chi connectivity index (χ4v) is 2.21. The molecular formula is C14H22N4O2. The molecule has 1 heterocycles. The number of amides is 4. The molecule has 4 amide bonds. The van der Waals surface area contributed by atoms with Gasteiger partial charge < -0.3 is 10.6 Å². The first kappa shape index (κ1) is 16.0. The van der Waals surface area contributed by atoms with E-state index >= 15 is 0 Å². The maximum Gasteiger partial charge on any atom is 0.330 e. The van der Waals surface area contributed by atoms with Crippen LogP contribution in [0.1, 0.15) is 41.0 Å². The summed E-state index contributed by atoms with van der Waals surface area (Å²) >= 11 is 0. The van der Waals surface area contributed by atoms with Gasteiger partial charge in [-0.2, -0.15) is 5.26 Å². The number of nitrogens with one attached hydrogen (secondary N) is 2. The Morgan fingerprint density at radius 3 is 2.55 bits per heavy atom. The second-order valence-electron chi connectivity index (χ2n) is 6.07. The van der Waals surface area contributed by atoms with E-state index in [9.17, 15) is 14.9 Å². The van der Waals surface area contributed by atoms with E-state index in [1.54, 1.807) is 13.8 Å². The van der Waals surface area contributed by atoms with Gasteiger partial charge in [-0.3, -0.25) is 0 Å². The maximum absolute atomic E-state index is 12.1. The summed E-state index contributed by atoms with van der Waals surface area (Å²) in [7, 11) is 0. The molecule has 0 saturated carbocycles. The van der Waals surface area contributed by atoms with Gasteiger partial charge in [0.05, 0.1) is 17.7 Å². The SMILES string of the molecule is CCNC(=O)N1C(=O)NC(C)=C(C#N)C1CC(C)(C)C. The number of imide groups is 1. The van der Waals surface area contributed by atoms with E-state index in [1.807, 2.05) is 20.8 Å². The van der Waals surface area contributed by atoms with Crippen molar-refractivity contribution < 1.29 is 9.59 Å². The predicted molar refractivity (Wildman–Crippen MR) is 75.6 cm³/mol. The van der Waals surface area contributed by atoms with Crippen LogP contribution in [0, 0.1) is 16.7 Å². The summed E-state index contributed by atoms with van der Waals surface area (Å²) in [5, 5.41) is 14.5. The second kappa shape index (κ2) is 5.95. The predicted octanol–water partition coefficient (Wildman–Crippen LogP) is 2.34. The molecule has 0 aromatic rings. The van der Waals surface area contributed by atoms with Crippen LogP contribution < -0.4 is 10.6 Å². The Balaban J connectivity index is 3.22. The number of carbonyl (C=O) groups is 2. The van der Waals surface area contributed by atoms with Gasteiger partial charge in [0, 0.05) is 12.2 Å². The fraction of sp³-hybridized carbons (Fsp3) is 0.643. The molecule has 0 spiro atoms. The largest absolute Gasteiger partial charge is 0.338 e. The Kier molecular flexibility index (Phi) is 4.77. The van der Waals surface area contributed by atoms with Gasteiger partial charge in [0.1, 0.15) is 0 Å². The molecule has 1 unspecified atom stereocenters. The lowest BCUT2D eigenvalue weighted by Crippen LogP contribution is -2.57. The molecule has 0 bridgehead atoms. The van der Waals surface area contributed by atoms with Crippen molar-refractivity contribution >= 4 is 12.1 Å². The molecule has 110 valence electrons. The Bertz CT molecular complexity index is 482. The minimum atomic E-state index is -0.528. The lowest BCUT2D eigenvalue weighted by Gasteiger charge is -2.37. The smallest absolute Gasteiger partial charge is 0.330 e. The molecule has 1 aliphatic heterocycles. The van der Waals surface area contributed by atoms with Crippen molar-refractivity contribution in [2.24, 2.45) is 5.41 Å². The third-order valence-corrected chi connectivity index (χ3v) is 3.04. The summed E-state index contributed by atoms with van der Waals surface area (Å²) in [6, 6.07) is 0.632. The van der Waals surface area contributed by atoms with Crippen LogP contribution in [0.25, 0.3) is 0 Å². The quantitative estimate of drug-likeness (QED) is 0.813. The van der Waals surface area contributed by atoms with E-state index in [2.05, 4.69) is 16.7 Å². The van der Waals surface area contributed by atoms with Crippen LogP contribution in [0.5, 0.6) is 0 Å². The number of allylic oxidation sites excluding steroid dienone is 1. The first-order valence-electron chi connectivity index (χ1n) is 6.70. The minimum Gasteiger partial charge on any atom is -0.338 e. The third kappa shape index (κ3) is 3.50. The first-order valence-corrected chi connectivity index (χ1v) is 6.70. The molecule has 0 aliphatic carbocycles. The number of carbonyl (C=O) groups excluding carboxylic acids is 2. The standard InChI is InChI=1S/C14H22N4O2/c1-6-16-12(19)18-11(7-14(3,4)5)10(8-15)9(2)17-13(18)20/h11H,6-7H2,1-5H3,(H,16,19)(H,17,20). The summed E-state index contributed by atoms with van der Waals surface area (Å²) in [4.78, 5) is 25.3. The maximum atomic E-state index is 12.1. The summed E-state index contributed by atoms with van der Waals surface area (Å²) in [5.41, 5.74) is 0.841. The lowest BCUT2D eigenvalue weighted by atomic mass is 9.84. The van der Waals surface area contributed by atoms with E-state index < -0.39 is 18.1 Å². The van der Waals surface area contributed by atoms with Gasteiger partial charge in [-0.1, -0.05) is 20.8 Å². The molecule has 20 heavy (non-hydrogen) atoms. The van der Waals surface area contributed by atoms with Crippen molar-refractivity contribution in [1.29, 1.82) is 5.26 Å². The normalized spacial score (nSPS) is 19.5. The minimum absolute atomic E-state index is 0.116. The van der Waals surface area contributed by atoms with Crippen molar-refractivity contribution in [1.82, 2.24) is 15.5 Å². The zero-order valence-corrected chi connectivity index (χ0v) is 12.7. The number of nitriles is 1. The number of hydrogen-bond donors (Lipinski definition) is 2.